The van der Waals surface area contributed by atoms with Crippen molar-refractivity contribution in [1.82, 2.24) is 15.0 Å². The number of hydrogen-bond acceptors (Lipinski definition) is 4. The normalized spacial score (nSPS) is 17.4. The summed E-state index contributed by atoms with van der Waals surface area (Å²) in [6.07, 6.45) is 2.52. The second kappa shape index (κ2) is 5.53. The van der Waals surface area contributed by atoms with E-state index in [4.69, 9.17) is 4.74 Å². The molecule has 1 aliphatic heterocycles. The van der Waals surface area contributed by atoms with Crippen LogP contribution in [0.15, 0.2) is 73.1 Å². The monoisotopic (exact) mass is 303 g/mol. The first-order valence-corrected chi connectivity index (χ1v) is 7.27. The Balaban J connectivity index is 1.83. The van der Waals surface area contributed by atoms with Crippen molar-refractivity contribution in [2.45, 2.75) is 6.10 Å². The van der Waals surface area contributed by atoms with Gasteiger partial charge in [-0.2, -0.15) is 0 Å². The molecule has 0 N–H and O–H groups in total. The summed E-state index contributed by atoms with van der Waals surface area (Å²) in [5.74, 6) is 0.399. The molecule has 0 saturated heterocycles. The summed E-state index contributed by atoms with van der Waals surface area (Å²) in [6, 6.07) is 19.0. The first-order valence-electron chi connectivity index (χ1n) is 7.27. The van der Waals surface area contributed by atoms with E-state index >= 15 is 0 Å². The molecule has 0 bridgehead atoms. The third-order valence-corrected chi connectivity index (χ3v) is 3.71. The van der Waals surface area contributed by atoms with E-state index in [1.807, 2.05) is 60.7 Å². The van der Waals surface area contributed by atoms with Crippen LogP contribution in [0.1, 0.15) is 17.2 Å². The van der Waals surface area contributed by atoms with Crippen LogP contribution < -0.4 is 0 Å². The van der Waals surface area contributed by atoms with Crippen LogP contribution in [-0.4, -0.2) is 20.8 Å². The van der Waals surface area contributed by atoms with Crippen molar-refractivity contribution in [2.75, 3.05) is 0 Å². The van der Waals surface area contributed by atoms with Crippen molar-refractivity contribution >= 4 is 17.2 Å². The number of ether oxygens (including phenoxy) is 1. The smallest absolute Gasteiger partial charge is 0.230 e. The van der Waals surface area contributed by atoms with Gasteiger partial charge < -0.3 is 4.74 Å². The minimum Gasteiger partial charge on any atom is -0.474 e. The summed E-state index contributed by atoms with van der Waals surface area (Å²) >= 11 is 0. The first-order chi connectivity index (χ1) is 11.3. The summed E-state index contributed by atoms with van der Waals surface area (Å²) < 4.78 is 7.49. The van der Waals surface area contributed by atoms with Crippen molar-refractivity contribution in [2.24, 2.45) is 0 Å². The molecule has 0 fully saturated rings. The number of Topliss-reactive ketones (excluding diaryl/α,β-unsaturated/α-hetero) is 1. The Kier molecular flexibility index (Phi) is 3.24. The molecule has 0 saturated carbocycles. The van der Waals surface area contributed by atoms with Gasteiger partial charge in [0.1, 0.15) is 0 Å². The van der Waals surface area contributed by atoms with E-state index < -0.39 is 6.10 Å². The number of hydrogen-bond donors (Lipinski definition) is 0. The largest absolute Gasteiger partial charge is 0.474 e. The Morgan fingerprint density at radius 1 is 0.957 bits per heavy atom. The van der Waals surface area contributed by atoms with Gasteiger partial charge in [0.15, 0.2) is 17.6 Å². The predicted octanol–water partition coefficient (Wildman–Crippen LogP) is 2.94. The van der Waals surface area contributed by atoms with Crippen LogP contribution in [0.4, 0.5) is 0 Å². The minimum atomic E-state index is -0.661. The maximum Gasteiger partial charge on any atom is 0.230 e. The zero-order valence-electron chi connectivity index (χ0n) is 12.2. The number of carbonyl (C=O) groups excluding carboxylic acids is 1. The zero-order chi connectivity index (χ0) is 15.6. The second-order valence-electron chi connectivity index (χ2n) is 5.16. The van der Waals surface area contributed by atoms with Gasteiger partial charge in [-0.15, -0.1) is 5.10 Å². The Labute approximate surface area is 132 Å². The molecule has 0 aliphatic carbocycles. The van der Waals surface area contributed by atoms with Gasteiger partial charge in [0.25, 0.3) is 0 Å². The van der Waals surface area contributed by atoms with E-state index in [-0.39, 0.29) is 5.78 Å². The highest BCUT2D eigenvalue weighted by atomic mass is 16.5. The van der Waals surface area contributed by atoms with E-state index in [2.05, 4.69) is 10.3 Å². The summed E-state index contributed by atoms with van der Waals surface area (Å²) in [4.78, 5) is 12.9. The maximum absolute atomic E-state index is 12.9. The summed E-state index contributed by atoms with van der Waals surface area (Å²) in [7, 11) is 0. The van der Waals surface area contributed by atoms with Crippen molar-refractivity contribution in [3.8, 4) is 0 Å². The highest BCUT2D eigenvalue weighted by Gasteiger charge is 2.38. The van der Waals surface area contributed by atoms with E-state index in [1.165, 1.54) is 4.68 Å². The predicted molar refractivity (Wildman–Crippen MR) is 84.8 cm³/mol. The highest BCUT2D eigenvalue weighted by molar-refractivity contribution is 6.26. The Bertz CT molecular complexity index is 856. The molecule has 0 radical (unpaired) electrons. The average Bonchev–Trinajstić information content (AvgIpc) is 3.24. The fourth-order valence-corrected chi connectivity index (χ4v) is 2.65. The van der Waals surface area contributed by atoms with Crippen LogP contribution in [0.3, 0.4) is 0 Å². The van der Waals surface area contributed by atoms with Gasteiger partial charge in [0.05, 0.1) is 12.4 Å². The van der Waals surface area contributed by atoms with Crippen LogP contribution in [0.2, 0.25) is 0 Å². The number of carbonyl (C=O) groups is 1. The van der Waals surface area contributed by atoms with Gasteiger partial charge in [0, 0.05) is 11.1 Å². The van der Waals surface area contributed by atoms with Gasteiger partial charge in [-0.25, -0.2) is 4.68 Å². The molecule has 4 rings (SSSR count). The molecule has 1 unspecified atom stereocenters. The quantitative estimate of drug-likeness (QED) is 0.746. The molecule has 2 aromatic carbocycles. The van der Waals surface area contributed by atoms with Crippen molar-refractivity contribution in [1.29, 1.82) is 0 Å². The molecule has 1 aromatic heterocycles. The fraction of sp³-hybridized carbons (Fsp3) is 0.0556. The lowest BCUT2D eigenvalue weighted by Crippen LogP contribution is -2.13. The summed E-state index contributed by atoms with van der Waals surface area (Å²) in [5, 5.41) is 7.76. The van der Waals surface area contributed by atoms with Gasteiger partial charge >= 0.3 is 0 Å². The summed E-state index contributed by atoms with van der Waals surface area (Å²) in [5.41, 5.74) is 2.06. The van der Waals surface area contributed by atoms with Gasteiger partial charge in [0.2, 0.25) is 5.78 Å². The Morgan fingerprint density at radius 3 is 2.30 bits per heavy atom. The van der Waals surface area contributed by atoms with Gasteiger partial charge in [-0.05, 0) is 0 Å². The number of aromatic nitrogens is 3. The van der Waals surface area contributed by atoms with Crippen LogP contribution >= 0.6 is 0 Å². The zero-order valence-corrected chi connectivity index (χ0v) is 12.2. The lowest BCUT2D eigenvalue weighted by atomic mass is 10.0. The third-order valence-electron chi connectivity index (χ3n) is 3.71. The van der Waals surface area contributed by atoms with Crippen molar-refractivity contribution in [3.63, 3.8) is 0 Å². The maximum atomic E-state index is 12.9. The molecule has 5 heteroatoms. The Hall–Kier alpha value is -3.21. The standard InChI is InChI=1S/C18H13N3O2/c22-16-15(21-12-11-19-20-21)17(13-7-3-1-4-8-13)23-18(16)14-9-5-2-6-10-14/h1-12,18H. The van der Waals surface area contributed by atoms with E-state index in [1.54, 1.807) is 12.4 Å². The second-order valence-corrected chi connectivity index (χ2v) is 5.16. The van der Waals surface area contributed by atoms with Crippen LogP contribution in [0.25, 0.3) is 11.5 Å². The molecule has 5 nitrogen and oxygen atoms in total. The SMILES string of the molecule is O=C1C(n2ccnn2)=C(c2ccccc2)OC1c1ccccc1. The number of ketones is 1. The lowest BCUT2D eigenvalue weighted by molar-refractivity contribution is -0.119. The lowest BCUT2D eigenvalue weighted by Gasteiger charge is -2.11. The average molecular weight is 303 g/mol. The summed E-state index contributed by atoms with van der Waals surface area (Å²) in [6.45, 7) is 0. The number of benzene rings is 2. The molecular weight excluding hydrogens is 290 g/mol. The molecular formula is C18H13N3O2. The highest BCUT2D eigenvalue weighted by Crippen LogP contribution is 2.39. The molecule has 112 valence electrons. The molecule has 0 spiro atoms. The fourth-order valence-electron chi connectivity index (χ4n) is 2.65. The van der Waals surface area contributed by atoms with Crippen LogP contribution in [-0.2, 0) is 9.53 Å². The van der Waals surface area contributed by atoms with E-state index in [9.17, 15) is 4.79 Å². The van der Waals surface area contributed by atoms with Crippen LogP contribution in [0.5, 0.6) is 0 Å². The number of nitrogens with zero attached hydrogens (tertiary/aromatic N) is 3. The molecule has 3 aromatic rings. The van der Waals surface area contributed by atoms with Crippen LogP contribution in [0, 0.1) is 0 Å². The molecule has 0 amide bonds. The van der Waals surface area contributed by atoms with Crippen molar-refractivity contribution < 1.29 is 9.53 Å². The molecule has 1 atom stereocenters. The molecule has 2 heterocycles. The van der Waals surface area contributed by atoms with Crippen molar-refractivity contribution in [3.05, 3.63) is 84.2 Å². The molecule has 23 heavy (non-hydrogen) atoms. The van der Waals surface area contributed by atoms with Gasteiger partial charge in [-0.3, -0.25) is 4.79 Å². The topological polar surface area (TPSA) is 57.0 Å². The number of rotatable bonds is 3. The van der Waals surface area contributed by atoms with E-state index in [0.717, 1.165) is 11.1 Å². The van der Waals surface area contributed by atoms with E-state index in [0.29, 0.717) is 11.5 Å². The van der Waals surface area contributed by atoms with Gasteiger partial charge in [-0.1, -0.05) is 65.9 Å². The third kappa shape index (κ3) is 2.32. The first kappa shape index (κ1) is 13.5. The minimum absolute atomic E-state index is 0.124. The Morgan fingerprint density at radius 2 is 1.65 bits per heavy atom. The molecule has 1 aliphatic rings.